The largest absolute Gasteiger partial charge is 0.310 e. The van der Waals surface area contributed by atoms with E-state index in [1.54, 1.807) is 0 Å². The number of halogens is 1. The van der Waals surface area contributed by atoms with Crippen LogP contribution in [0.15, 0.2) is 18.2 Å². The summed E-state index contributed by atoms with van der Waals surface area (Å²) in [5, 5.41) is 4.45. The second-order valence-corrected chi connectivity index (χ2v) is 6.10. The van der Waals surface area contributed by atoms with E-state index in [1.807, 2.05) is 6.07 Å². The molecule has 1 atom stereocenters. The predicted octanol–water partition coefficient (Wildman–Crippen LogP) is 6.05. The zero-order chi connectivity index (χ0) is 14.8. The fourth-order valence-electron chi connectivity index (χ4n) is 2.73. The van der Waals surface area contributed by atoms with Crippen molar-refractivity contribution in [1.82, 2.24) is 5.32 Å². The van der Waals surface area contributed by atoms with Gasteiger partial charge >= 0.3 is 0 Å². The lowest BCUT2D eigenvalue weighted by atomic mass is 9.96. The fraction of sp³-hybridized carbons (Fsp3) is 0.667. The Morgan fingerprint density at radius 1 is 1.05 bits per heavy atom. The van der Waals surface area contributed by atoms with Gasteiger partial charge < -0.3 is 5.32 Å². The van der Waals surface area contributed by atoms with Crippen LogP contribution in [0.25, 0.3) is 0 Å². The third kappa shape index (κ3) is 6.28. The normalized spacial score (nSPS) is 12.6. The molecule has 1 aromatic rings. The first-order valence-corrected chi connectivity index (χ1v) is 8.56. The SMILES string of the molecule is CCCCCCCCC(NCC)c1cc(Cl)ccc1C. The Labute approximate surface area is 130 Å². The Kier molecular flexibility index (Phi) is 8.97. The molecule has 0 spiro atoms. The van der Waals surface area contributed by atoms with Crippen molar-refractivity contribution in [3.8, 4) is 0 Å². The van der Waals surface area contributed by atoms with Gasteiger partial charge in [0.15, 0.2) is 0 Å². The van der Waals surface area contributed by atoms with Crippen molar-refractivity contribution in [1.29, 1.82) is 0 Å². The molecule has 1 nitrogen and oxygen atoms in total. The van der Waals surface area contributed by atoms with Gasteiger partial charge in [-0.3, -0.25) is 0 Å². The van der Waals surface area contributed by atoms with E-state index in [0.29, 0.717) is 6.04 Å². The Balaban J connectivity index is 2.49. The maximum absolute atomic E-state index is 6.15. The smallest absolute Gasteiger partial charge is 0.0409 e. The molecule has 0 amide bonds. The van der Waals surface area contributed by atoms with Gasteiger partial charge in [0.1, 0.15) is 0 Å². The van der Waals surface area contributed by atoms with Gasteiger partial charge in [-0.05, 0) is 43.1 Å². The minimum Gasteiger partial charge on any atom is -0.310 e. The third-order valence-corrected chi connectivity index (χ3v) is 4.15. The standard InChI is InChI=1S/C18H30ClN/c1-4-6-7-8-9-10-11-18(20-5-2)17-14-16(19)13-12-15(17)3/h12-14,18,20H,4-11H2,1-3H3. The quantitative estimate of drug-likeness (QED) is 0.518. The van der Waals surface area contributed by atoms with Crippen LogP contribution in [0.3, 0.4) is 0 Å². The van der Waals surface area contributed by atoms with Gasteiger partial charge in [-0.15, -0.1) is 0 Å². The molecule has 1 N–H and O–H groups in total. The minimum atomic E-state index is 0.449. The van der Waals surface area contributed by atoms with Gasteiger partial charge in [-0.2, -0.15) is 0 Å². The molecule has 0 saturated heterocycles. The van der Waals surface area contributed by atoms with Crippen LogP contribution in [-0.2, 0) is 0 Å². The van der Waals surface area contributed by atoms with Crippen molar-refractivity contribution < 1.29 is 0 Å². The maximum atomic E-state index is 6.15. The van der Waals surface area contributed by atoms with E-state index in [0.717, 1.165) is 11.6 Å². The molecule has 2 heteroatoms. The van der Waals surface area contributed by atoms with Crippen molar-refractivity contribution in [2.75, 3.05) is 6.54 Å². The first kappa shape index (κ1) is 17.5. The van der Waals surface area contributed by atoms with E-state index >= 15 is 0 Å². The van der Waals surface area contributed by atoms with Crippen molar-refractivity contribution >= 4 is 11.6 Å². The number of nitrogens with one attached hydrogen (secondary N) is 1. The van der Waals surface area contributed by atoms with Crippen molar-refractivity contribution in [2.24, 2.45) is 0 Å². The molecule has 0 fully saturated rings. The van der Waals surface area contributed by atoms with Crippen LogP contribution < -0.4 is 5.32 Å². The predicted molar refractivity (Wildman–Crippen MR) is 90.6 cm³/mol. The second kappa shape index (κ2) is 10.2. The summed E-state index contributed by atoms with van der Waals surface area (Å²) in [4.78, 5) is 0. The molecule has 0 aliphatic rings. The van der Waals surface area contributed by atoms with Crippen molar-refractivity contribution in [3.05, 3.63) is 34.3 Å². The van der Waals surface area contributed by atoms with Crippen molar-refractivity contribution in [3.63, 3.8) is 0 Å². The summed E-state index contributed by atoms with van der Waals surface area (Å²) >= 11 is 6.15. The number of benzene rings is 1. The number of unbranched alkanes of at least 4 members (excludes halogenated alkanes) is 5. The number of hydrogen-bond donors (Lipinski definition) is 1. The molecule has 0 aliphatic carbocycles. The number of aryl methyl sites for hydroxylation is 1. The van der Waals surface area contributed by atoms with Crippen LogP contribution in [0.4, 0.5) is 0 Å². The highest BCUT2D eigenvalue weighted by Crippen LogP contribution is 2.26. The summed E-state index contributed by atoms with van der Waals surface area (Å²) in [5.74, 6) is 0. The Morgan fingerprint density at radius 3 is 2.45 bits per heavy atom. The summed E-state index contributed by atoms with van der Waals surface area (Å²) in [6.45, 7) is 7.63. The summed E-state index contributed by atoms with van der Waals surface area (Å²) in [6.07, 6.45) is 9.32. The molecule has 1 rings (SSSR count). The van der Waals surface area contributed by atoms with E-state index in [1.165, 1.54) is 56.1 Å². The van der Waals surface area contributed by atoms with E-state index in [9.17, 15) is 0 Å². The number of rotatable bonds is 10. The topological polar surface area (TPSA) is 12.0 Å². The van der Waals surface area contributed by atoms with Crippen molar-refractivity contribution in [2.45, 2.75) is 71.8 Å². The Bertz CT molecular complexity index is 376. The first-order valence-electron chi connectivity index (χ1n) is 8.18. The zero-order valence-corrected chi connectivity index (χ0v) is 14.1. The number of hydrogen-bond acceptors (Lipinski definition) is 1. The highest BCUT2D eigenvalue weighted by atomic mass is 35.5. The van der Waals surface area contributed by atoms with Gasteiger partial charge in [-0.25, -0.2) is 0 Å². The molecule has 0 heterocycles. The maximum Gasteiger partial charge on any atom is 0.0409 e. The van der Waals surface area contributed by atoms with Gasteiger partial charge in [0.25, 0.3) is 0 Å². The van der Waals surface area contributed by atoms with Gasteiger partial charge in [0, 0.05) is 11.1 Å². The zero-order valence-electron chi connectivity index (χ0n) is 13.3. The van der Waals surface area contributed by atoms with Gasteiger partial charge in [0.2, 0.25) is 0 Å². The average molecular weight is 296 g/mol. The van der Waals surface area contributed by atoms with E-state index in [-0.39, 0.29) is 0 Å². The highest BCUT2D eigenvalue weighted by Gasteiger charge is 2.12. The Hall–Kier alpha value is -0.530. The van der Waals surface area contributed by atoms with Crippen LogP contribution in [-0.4, -0.2) is 6.54 Å². The van der Waals surface area contributed by atoms with Crippen LogP contribution in [0.2, 0.25) is 5.02 Å². The lowest BCUT2D eigenvalue weighted by Gasteiger charge is -2.20. The molecular weight excluding hydrogens is 266 g/mol. The lowest BCUT2D eigenvalue weighted by molar-refractivity contribution is 0.475. The van der Waals surface area contributed by atoms with Gasteiger partial charge in [0.05, 0.1) is 0 Å². The first-order chi connectivity index (χ1) is 9.69. The molecule has 0 aliphatic heterocycles. The average Bonchev–Trinajstić information content (AvgIpc) is 2.44. The molecule has 0 saturated carbocycles. The van der Waals surface area contributed by atoms with E-state index < -0.39 is 0 Å². The second-order valence-electron chi connectivity index (χ2n) is 5.67. The fourth-order valence-corrected chi connectivity index (χ4v) is 2.91. The monoisotopic (exact) mass is 295 g/mol. The molecule has 0 aromatic heterocycles. The lowest BCUT2D eigenvalue weighted by Crippen LogP contribution is -2.21. The molecule has 0 radical (unpaired) electrons. The summed E-state index contributed by atoms with van der Waals surface area (Å²) in [6, 6.07) is 6.68. The highest BCUT2D eigenvalue weighted by molar-refractivity contribution is 6.30. The summed E-state index contributed by atoms with van der Waals surface area (Å²) in [5.41, 5.74) is 2.71. The molecule has 20 heavy (non-hydrogen) atoms. The van der Waals surface area contributed by atoms with E-state index in [2.05, 4.69) is 38.2 Å². The van der Waals surface area contributed by atoms with Crippen LogP contribution >= 0.6 is 11.6 Å². The van der Waals surface area contributed by atoms with Crippen LogP contribution in [0.1, 0.15) is 76.0 Å². The van der Waals surface area contributed by atoms with E-state index in [4.69, 9.17) is 11.6 Å². The third-order valence-electron chi connectivity index (χ3n) is 3.91. The molecule has 114 valence electrons. The molecule has 1 aromatic carbocycles. The summed E-state index contributed by atoms with van der Waals surface area (Å²) < 4.78 is 0. The Morgan fingerprint density at radius 2 is 1.75 bits per heavy atom. The molecular formula is C18H30ClN. The van der Waals surface area contributed by atoms with Gasteiger partial charge in [-0.1, -0.05) is 70.0 Å². The molecule has 0 bridgehead atoms. The summed E-state index contributed by atoms with van der Waals surface area (Å²) in [7, 11) is 0. The van der Waals surface area contributed by atoms with Crippen LogP contribution in [0.5, 0.6) is 0 Å². The minimum absolute atomic E-state index is 0.449. The van der Waals surface area contributed by atoms with Crippen LogP contribution in [0, 0.1) is 6.92 Å². The molecule has 1 unspecified atom stereocenters.